The first-order valence-electron chi connectivity index (χ1n) is 8.42. The van der Waals surface area contributed by atoms with Gasteiger partial charge in [0, 0.05) is 10.9 Å². The molecule has 0 aliphatic heterocycles. The van der Waals surface area contributed by atoms with Gasteiger partial charge < -0.3 is 14.6 Å². The number of carboxylic acids is 1. The number of hydrazone groups is 1. The van der Waals surface area contributed by atoms with Crippen LogP contribution in [-0.4, -0.2) is 23.3 Å². The number of nitrogens with zero attached hydrogens (tertiary/aromatic N) is 2. The van der Waals surface area contributed by atoms with Crippen LogP contribution in [0.5, 0.6) is 5.75 Å². The fourth-order valence-corrected chi connectivity index (χ4v) is 3.08. The number of ether oxygens (including phenoxy) is 1. The number of nitrogens with one attached hydrogen (secondary N) is 1. The summed E-state index contributed by atoms with van der Waals surface area (Å²) in [6.07, 6.45) is 0.725. The van der Waals surface area contributed by atoms with Crippen LogP contribution >= 0.6 is 11.3 Å². The van der Waals surface area contributed by atoms with Gasteiger partial charge in [-0.15, -0.1) is 11.3 Å². The van der Waals surface area contributed by atoms with Crippen molar-refractivity contribution in [3.8, 4) is 17.0 Å². The van der Waals surface area contributed by atoms with Crippen LogP contribution in [0.3, 0.4) is 0 Å². The van der Waals surface area contributed by atoms with Gasteiger partial charge in [0.15, 0.2) is 0 Å². The van der Waals surface area contributed by atoms with Gasteiger partial charge in [-0.25, -0.2) is 4.98 Å². The van der Waals surface area contributed by atoms with E-state index in [4.69, 9.17) is 4.74 Å². The van der Waals surface area contributed by atoms with E-state index in [2.05, 4.69) is 15.5 Å². The summed E-state index contributed by atoms with van der Waals surface area (Å²) >= 11 is 1.49. The SMILES string of the molecule is CC/C(=N/Nc1nc(-c2ccccc2)cs1)c1ccc(OCC(=O)[O-])cc1. The molecule has 0 spiro atoms. The van der Waals surface area contributed by atoms with Gasteiger partial charge in [-0.2, -0.15) is 5.10 Å². The quantitative estimate of drug-likeness (QED) is 0.479. The van der Waals surface area contributed by atoms with Crippen LogP contribution in [0.4, 0.5) is 5.13 Å². The Morgan fingerprint density at radius 3 is 2.59 bits per heavy atom. The molecule has 0 aliphatic rings. The Morgan fingerprint density at radius 2 is 1.93 bits per heavy atom. The normalized spacial score (nSPS) is 11.2. The largest absolute Gasteiger partial charge is 0.546 e. The van der Waals surface area contributed by atoms with E-state index in [-0.39, 0.29) is 0 Å². The first-order chi connectivity index (χ1) is 13.2. The van der Waals surface area contributed by atoms with Gasteiger partial charge in [0.2, 0.25) is 5.13 Å². The van der Waals surface area contributed by atoms with E-state index in [9.17, 15) is 9.90 Å². The van der Waals surface area contributed by atoms with Crippen LogP contribution in [0.2, 0.25) is 0 Å². The summed E-state index contributed by atoms with van der Waals surface area (Å²) in [4.78, 5) is 15.0. The van der Waals surface area contributed by atoms with E-state index in [1.54, 1.807) is 12.1 Å². The number of thiazole rings is 1. The lowest BCUT2D eigenvalue weighted by molar-refractivity contribution is -0.307. The minimum atomic E-state index is -1.25. The van der Waals surface area contributed by atoms with Crippen LogP contribution in [0.15, 0.2) is 65.1 Å². The Kier molecular flexibility index (Phi) is 6.17. The number of hydrogen-bond acceptors (Lipinski definition) is 7. The molecule has 2 aromatic carbocycles. The molecule has 0 saturated carbocycles. The molecule has 1 heterocycles. The van der Waals surface area contributed by atoms with Crippen molar-refractivity contribution in [2.45, 2.75) is 13.3 Å². The fourth-order valence-electron chi connectivity index (χ4n) is 2.42. The monoisotopic (exact) mass is 380 g/mol. The maximum atomic E-state index is 10.4. The van der Waals surface area contributed by atoms with Crippen molar-refractivity contribution in [1.82, 2.24) is 4.98 Å². The summed E-state index contributed by atoms with van der Waals surface area (Å²) in [6, 6.07) is 17.1. The molecule has 1 aromatic heterocycles. The van der Waals surface area contributed by atoms with E-state index in [1.807, 2.05) is 54.8 Å². The number of carbonyl (C=O) groups is 1. The molecule has 0 unspecified atom stereocenters. The summed E-state index contributed by atoms with van der Waals surface area (Å²) in [5, 5.41) is 17.6. The summed E-state index contributed by atoms with van der Waals surface area (Å²) < 4.78 is 5.08. The Labute approximate surface area is 161 Å². The molecule has 0 atom stereocenters. The van der Waals surface area contributed by atoms with E-state index >= 15 is 0 Å². The molecule has 7 heteroatoms. The molecule has 0 radical (unpaired) electrons. The van der Waals surface area contributed by atoms with Gasteiger partial charge in [0.05, 0.1) is 17.4 Å². The molecule has 3 rings (SSSR count). The van der Waals surface area contributed by atoms with Crippen LogP contribution in [0.25, 0.3) is 11.3 Å². The van der Waals surface area contributed by atoms with Gasteiger partial charge in [0.25, 0.3) is 0 Å². The highest BCUT2D eigenvalue weighted by molar-refractivity contribution is 7.14. The zero-order valence-electron chi connectivity index (χ0n) is 14.7. The molecule has 0 fully saturated rings. The highest BCUT2D eigenvalue weighted by atomic mass is 32.1. The molecule has 0 amide bonds. The minimum Gasteiger partial charge on any atom is -0.546 e. The summed E-state index contributed by atoms with van der Waals surface area (Å²) in [6.45, 7) is 1.54. The average Bonchev–Trinajstić information content (AvgIpc) is 3.17. The molecule has 6 nitrogen and oxygen atoms in total. The van der Waals surface area contributed by atoms with Crippen molar-refractivity contribution in [3.05, 3.63) is 65.5 Å². The number of aliphatic carboxylic acids is 1. The van der Waals surface area contributed by atoms with Gasteiger partial charge in [-0.1, -0.05) is 37.3 Å². The Morgan fingerprint density at radius 1 is 1.19 bits per heavy atom. The van der Waals surface area contributed by atoms with Crippen LogP contribution in [0.1, 0.15) is 18.9 Å². The predicted octanol–water partition coefficient (Wildman–Crippen LogP) is 3.17. The second-order valence-electron chi connectivity index (χ2n) is 5.61. The number of hydrogen-bond donors (Lipinski definition) is 1. The second kappa shape index (κ2) is 8.95. The molecule has 0 bridgehead atoms. The fraction of sp³-hybridized carbons (Fsp3) is 0.150. The lowest BCUT2D eigenvalue weighted by Gasteiger charge is -2.08. The molecular formula is C20H18N3O3S-. The Hall–Kier alpha value is -3.19. The van der Waals surface area contributed by atoms with Gasteiger partial charge in [-0.05, 0) is 36.2 Å². The van der Waals surface area contributed by atoms with Crippen molar-refractivity contribution in [2.24, 2.45) is 5.10 Å². The zero-order valence-corrected chi connectivity index (χ0v) is 15.5. The number of carboxylic acid groups (broad SMARTS) is 1. The number of aromatic nitrogens is 1. The summed E-state index contributed by atoms with van der Waals surface area (Å²) in [5.74, 6) is -0.781. The maximum absolute atomic E-state index is 10.4. The van der Waals surface area contributed by atoms with Crippen molar-refractivity contribution < 1.29 is 14.6 Å². The third-order valence-corrected chi connectivity index (χ3v) is 4.49. The lowest BCUT2D eigenvalue weighted by Crippen LogP contribution is -2.28. The molecule has 27 heavy (non-hydrogen) atoms. The average molecular weight is 380 g/mol. The smallest absolute Gasteiger partial charge is 0.203 e. The summed E-state index contributed by atoms with van der Waals surface area (Å²) in [5.41, 5.74) is 6.77. The maximum Gasteiger partial charge on any atom is 0.203 e. The van der Waals surface area contributed by atoms with E-state index < -0.39 is 12.6 Å². The van der Waals surface area contributed by atoms with Gasteiger partial charge in [-0.3, -0.25) is 5.43 Å². The molecular weight excluding hydrogens is 362 g/mol. The third-order valence-electron chi connectivity index (χ3n) is 3.74. The highest BCUT2D eigenvalue weighted by Crippen LogP contribution is 2.24. The Bertz CT molecular complexity index is 921. The Balaban J connectivity index is 1.68. The molecule has 1 N–H and O–H groups in total. The van der Waals surface area contributed by atoms with E-state index in [1.165, 1.54) is 11.3 Å². The van der Waals surface area contributed by atoms with Crippen molar-refractivity contribution in [2.75, 3.05) is 12.0 Å². The molecule has 3 aromatic rings. The molecule has 0 aliphatic carbocycles. The van der Waals surface area contributed by atoms with Crippen molar-refractivity contribution >= 4 is 28.1 Å². The summed E-state index contributed by atoms with van der Waals surface area (Å²) in [7, 11) is 0. The van der Waals surface area contributed by atoms with Crippen molar-refractivity contribution in [1.29, 1.82) is 0 Å². The third kappa shape index (κ3) is 5.15. The highest BCUT2D eigenvalue weighted by Gasteiger charge is 2.06. The second-order valence-corrected chi connectivity index (χ2v) is 6.47. The predicted molar refractivity (Wildman–Crippen MR) is 105 cm³/mol. The number of anilines is 1. The van der Waals surface area contributed by atoms with Crippen LogP contribution in [-0.2, 0) is 4.79 Å². The standard InChI is InChI=1S/C20H19N3O3S/c1-2-17(15-8-10-16(11-9-15)26-12-19(24)25)22-23-20-21-18(13-27-20)14-6-4-3-5-7-14/h3-11,13H,2,12H2,1H3,(H,21,23)(H,24,25)/p-1/b22-17-. The first kappa shape index (κ1) is 18.6. The minimum absolute atomic E-state index is 0.469. The van der Waals surface area contributed by atoms with E-state index in [0.29, 0.717) is 10.9 Å². The van der Waals surface area contributed by atoms with E-state index in [0.717, 1.165) is 29.0 Å². The van der Waals surface area contributed by atoms with Gasteiger partial charge in [0.1, 0.15) is 12.4 Å². The van der Waals surface area contributed by atoms with Crippen LogP contribution < -0.4 is 15.3 Å². The first-order valence-corrected chi connectivity index (χ1v) is 9.30. The number of rotatable bonds is 8. The molecule has 0 saturated heterocycles. The molecule has 138 valence electrons. The lowest BCUT2D eigenvalue weighted by atomic mass is 10.1. The van der Waals surface area contributed by atoms with Crippen LogP contribution in [0, 0.1) is 0 Å². The number of benzene rings is 2. The van der Waals surface area contributed by atoms with Crippen molar-refractivity contribution in [3.63, 3.8) is 0 Å². The van der Waals surface area contributed by atoms with Gasteiger partial charge >= 0.3 is 0 Å². The number of carbonyl (C=O) groups excluding carboxylic acids is 1. The topological polar surface area (TPSA) is 86.6 Å². The zero-order chi connectivity index (χ0) is 19.1.